The Balaban J connectivity index is 0.00000208. The summed E-state index contributed by atoms with van der Waals surface area (Å²) in [5, 5.41) is 21.3. The Labute approximate surface area is 167 Å². The smallest absolute Gasteiger partial charge is 0.543 e. The maximum Gasteiger partial charge on any atom is 1.00 e. The predicted octanol–water partition coefficient (Wildman–Crippen LogP) is -2.26. The Bertz CT molecular complexity index is 676. The molecule has 0 aromatic heterocycles. The molecule has 1 aromatic rings. The Morgan fingerprint density at radius 3 is 2.54 bits per heavy atom. The van der Waals surface area contributed by atoms with E-state index in [2.05, 4.69) is 0 Å². The third-order valence-electron chi connectivity index (χ3n) is 4.54. The number of amides is 1. The standard InChI is InChI=1S/C17H19NO4S.Na/c1-9-13-12(10(2)19)16(20)18(13)14(17(21)22)15(9)23-8-11-6-4-3-5-7-11;/h3-7,9-10,12-13,19H,8H2,1-2H3,(H,21,22);/q;+1/p-1/t9-,10-,12-,13-;/m1./s1. The minimum absolute atomic E-state index is 0. The number of aliphatic hydroxyl groups excluding tert-OH is 1. The van der Waals surface area contributed by atoms with Gasteiger partial charge in [0.05, 0.1) is 29.7 Å². The van der Waals surface area contributed by atoms with E-state index in [1.807, 2.05) is 37.3 Å². The van der Waals surface area contributed by atoms with E-state index < -0.39 is 18.0 Å². The molecule has 0 aliphatic carbocycles. The van der Waals surface area contributed by atoms with E-state index >= 15 is 0 Å². The van der Waals surface area contributed by atoms with E-state index in [9.17, 15) is 19.8 Å². The molecule has 1 saturated heterocycles. The molecule has 0 spiro atoms. The number of benzene rings is 1. The van der Waals surface area contributed by atoms with Gasteiger partial charge in [-0.15, -0.1) is 11.8 Å². The number of thioether (sulfide) groups is 1. The number of hydrogen-bond acceptors (Lipinski definition) is 5. The van der Waals surface area contributed by atoms with Crippen LogP contribution in [0.25, 0.3) is 0 Å². The molecule has 5 nitrogen and oxygen atoms in total. The average molecular weight is 355 g/mol. The van der Waals surface area contributed by atoms with Crippen molar-refractivity contribution in [2.24, 2.45) is 11.8 Å². The van der Waals surface area contributed by atoms with Crippen LogP contribution in [-0.2, 0) is 15.3 Å². The summed E-state index contributed by atoms with van der Waals surface area (Å²) in [5.41, 5.74) is 1.06. The number of fused-ring (bicyclic) bond motifs is 1. The fourth-order valence-corrected chi connectivity index (χ4v) is 4.68. The van der Waals surface area contributed by atoms with Crippen LogP contribution in [0, 0.1) is 11.8 Å². The predicted molar refractivity (Wildman–Crippen MR) is 84.7 cm³/mol. The molecule has 24 heavy (non-hydrogen) atoms. The largest absolute Gasteiger partial charge is 1.00 e. The van der Waals surface area contributed by atoms with Gasteiger partial charge in [0, 0.05) is 16.6 Å². The van der Waals surface area contributed by atoms with Gasteiger partial charge in [0.1, 0.15) is 0 Å². The van der Waals surface area contributed by atoms with Crippen molar-refractivity contribution < 1.29 is 49.4 Å². The molecule has 122 valence electrons. The summed E-state index contributed by atoms with van der Waals surface area (Å²) < 4.78 is 0. The van der Waals surface area contributed by atoms with Crippen LogP contribution >= 0.6 is 11.8 Å². The zero-order chi connectivity index (χ0) is 16.7. The molecule has 2 aliphatic heterocycles. The van der Waals surface area contributed by atoms with Crippen LogP contribution in [-0.4, -0.2) is 34.0 Å². The Morgan fingerprint density at radius 2 is 2.00 bits per heavy atom. The van der Waals surface area contributed by atoms with E-state index in [0.29, 0.717) is 10.7 Å². The summed E-state index contributed by atoms with van der Waals surface area (Å²) in [4.78, 5) is 25.7. The third-order valence-corrected chi connectivity index (χ3v) is 5.89. The summed E-state index contributed by atoms with van der Waals surface area (Å²) in [5.74, 6) is -1.67. The van der Waals surface area contributed by atoms with Crippen molar-refractivity contribution >= 4 is 23.6 Å². The maximum absolute atomic E-state index is 12.2. The number of aliphatic hydroxyl groups is 1. The molecule has 7 heteroatoms. The van der Waals surface area contributed by atoms with E-state index in [4.69, 9.17) is 0 Å². The van der Waals surface area contributed by atoms with Gasteiger partial charge >= 0.3 is 29.6 Å². The van der Waals surface area contributed by atoms with Gasteiger partial charge in [-0.05, 0) is 12.5 Å². The first-order valence-corrected chi connectivity index (χ1v) is 8.55. The quantitative estimate of drug-likeness (QED) is 0.477. The van der Waals surface area contributed by atoms with Crippen LogP contribution in [0.1, 0.15) is 19.4 Å². The molecule has 4 atom stereocenters. The summed E-state index contributed by atoms with van der Waals surface area (Å²) in [6.45, 7) is 3.48. The molecule has 1 fully saturated rings. The van der Waals surface area contributed by atoms with Crippen LogP contribution in [0.4, 0.5) is 0 Å². The summed E-state index contributed by atoms with van der Waals surface area (Å²) in [6.07, 6.45) is -0.785. The molecule has 0 unspecified atom stereocenters. The van der Waals surface area contributed by atoms with Crippen molar-refractivity contribution in [3.8, 4) is 0 Å². The van der Waals surface area contributed by atoms with Gasteiger partial charge in [-0.2, -0.15) is 0 Å². The van der Waals surface area contributed by atoms with Crippen molar-refractivity contribution in [1.29, 1.82) is 0 Å². The molecular weight excluding hydrogens is 337 g/mol. The fourth-order valence-electron chi connectivity index (χ4n) is 3.44. The number of hydrogen-bond donors (Lipinski definition) is 1. The normalized spacial score (nSPS) is 26.5. The number of carbonyl (C=O) groups excluding carboxylic acids is 2. The summed E-state index contributed by atoms with van der Waals surface area (Å²) >= 11 is 1.43. The molecule has 0 radical (unpaired) electrons. The molecule has 3 rings (SSSR count). The molecule has 1 aromatic carbocycles. The minimum Gasteiger partial charge on any atom is -0.543 e. The van der Waals surface area contributed by atoms with E-state index in [-0.39, 0.29) is 53.1 Å². The van der Waals surface area contributed by atoms with Gasteiger partial charge in [0.2, 0.25) is 5.91 Å². The van der Waals surface area contributed by atoms with E-state index in [0.717, 1.165) is 5.56 Å². The summed E-state index contributed by atoms with van der Waals surface area (Å²) in [7, 11) is 0. The third kappa shape index (κ3) is 3.18. The molecule has 2 aliphatic rings. The van der Waals surface area contributed by atoms with Crippen molar-refractivity contribution in [3.63, 3.8) is 0 Å². The number of rotatable bonds is 5. The zero-order valence-corrected chi connectivity index (χ0v) is 16.7. The van der Waals surface area contributed by atoms with Gasteiger partial charge in [0.15, 0.2) is 0 Å². The topological polar surface area (TPSA) is 80.7 Å². The SMILES string of the molecule is C[C@@H](O)[C@H]1C(=O)N2C(C(=O)[O-])=C(SCc3ccccc3)[C@H](C)[C@H]12.[Na+]. The molecule has 2 heterocycles. The van der Waals surface area contributed by atoms with Gasteiger partial charge in [0.25, 0.3) is 0 Å². The van der Waals surface area contributed by atoms with Gasteiger partial charge < -0.3 is 19.9 Å². The van der Waals surface area contributed by atoms with Crippen molar-refractivity contribution in [3.05, 3.63) is 46.5 Å². The van der Waals surface area contributed by atoms with Crippen molar-refractivity contribution in [2.45, 2.75) is 31.7 Å². The van der Waals surface area contributed by atoms with Gasteiger partial charge in [-0.1, -0.05) is 37.3 Å². The maximum atomic E-state index is 12.2. The first kappa shape index (κ1) is 19.5. The number of aliphatic carboxylic acids is 1. The molecular formula is C17H18NNaO4S. The molecule has 1 amide bonds. The first-order valence-electron chi connectivity index (χ1n) is 7.57. The van der Waals surface area contributed by atoms with E-state index in [1.54, 1.807) is 6.92 Å². The zero-order valence-electron chi connectivity index (χ0n) is 13.9. The Morgan fingerprint density at radius 1 is 1.38 bits per heavy atom. The Kier molecular flexibility index (Phi) is 6.20. The van der Waals surface area contributed by atoms with E-state index in [1.165, 1.54) is 16.7 Å². The second-order valence-corrected chi connectivity index (χ2v) is 7.05. The second kappa shape index (κ2) is 7.62. The molecule has 1 N–H and O–H groups in total. The van der Waals surface area contributed by atoms with Gasteiger partial charge in [-0.25, -0.2) is 0 Å². The number of β-lactam (4-membered cyclic amide) rings is 1. The molecule has 0 bridgehead atoms. The number of carboxylic acid groups (broad SMARTS) is 1. The van der Waals surface area contributed by atoms with Crippen LogP contribution in [0.15, 0.2) is 40.9 Å². The minimum atomic E-state index is -1.33. The van der Waals surface area contributed by atoms with Crippen molar-refractivity contribution in [1.82, 2.24) is 4.90 Å². The Hall–Kier alpha value is -0.790. The monoisotopic (exact) mass is 355 g/mol. The molecule has 0 saturated carbocycles. The van der Waals surface area contributed by atoms with Crippen LogP contribution < -0.4 is 34.7 Å². The first-order chi connectivity index (χ1) is 10.9. The van der Waals surface area contributed by atoms with Crippen LogP contribution in [0.5, 0.6) is 0 Å². The summed E-state index contributed by atoms with van der Waals surface area (Å²) in [6, 6.07) is 9.46. The number of carbonyl (C=O) groups is 2. The fraction of sp³-hybridized carbons (Fsp3) is 0.412. The van der Waals surface area contributed by atoms with Crippen LogP contribution in [0.2, 0.25) is 0 Å². The number of carboxylic acids is 1. The average Bonchev–Trinajstić information content (AvgIpc) is 2.75. The van der Waals surface area contributed by atoms with Gasteiger partial charge in [-0.3, -0.25) is 4.79 Å². The van der Waals surface area contributed by atoms with Crippen LogP contribution in [0.3, 0.4) is 0 Å². The number of nitrogens with zero attached hydrogens (tertiary/aromatic N) is 1. The second-order valence-electron chi connectivity index (χ2n) is 6.03. The van der Waals surface area contributed by atoms with Crippen molar-refractivity contribution in [2.75, 3.05) is 0 Å².